The number of ether oxygens (including phenoxy) is 1. The van der Waals surface area contributed by atoms with Crippen molar-refractivity contribution in [3.05, 3.63) is 58.1 Å². The Bertz CT molecular complexity index is 1150. The van der Waals surface area contributed by atoms with Crippen LogP contribution in [0.15, 0.2) is 36.4 Å². The summed E-state index contributed by atoms with van der Waals surface area (Å²) in [6.07, 6.45) is 2.61. The fourth-order valence-electron chi connectivity index (χ4n) is 3.65. The molecule has 0 aliphatic heterocycles. The molecular weight excluding hydrogens is 402 g/mol. The van der Waals surface area contributed by atoms with Crippen molar-refractivity contribution >= 4 is 45.0 Å². The zero-order valence-corrected chi connectivity index (χ0v) is 17.3. The number of pyridine rings is 1. The maximum Gasteiger partial charge on any atom is 0.357 e. The second-order valence-electron chi connectivity index (χ2n) is 7.43. The first-order valence-electron chi connectivity index (χ1n) is 9.69. The molecule has 2 amide bonds. The van der Waals surface area contributed by atoms with Crippen LogP contribution in [0, 0.1) is 5.92 Å². The minimum atomic E-state index is -0.690. The lowest BCUT2D eigenvalue weighted by Crippen LogP contribution is -2.23. The van der Waals surface area contributed by atoms with E-state index in [9.17, 15) is 14.4 Å². The highest BCUT2D eigenvalue weighted by atomic mass is 32.1. The molecule has 0 saturated carbocycles. The zero-order chi connectivity index (χ0) is 21.3. The minimum absolute atomic E-state index is 0.125. The first kappa shape index (κ1) is 20.0. The number of carbonyl (C=O) groups is 3. The molecule has 4 rings (SSSR count). The van der Waals surface area contributed by atoms with Gasteiger partial charge in [0.2, 0.25) is 0 Å². The average Bonchev–Trinajstić information content (AvgIpc) is 3.08. The molecule has 1 aliphatic carbocycles. The number of nitrogens with two attached hydrogens (primary N) is 1. The van der Waals surface area contributed by atoms with Gasteiger partial charge in [-0.15, -0.1) is 11.3 Å². The van der Waals surface area contributed by atoms with Crippen molar-refractivity contribution in [3.63, 3.8) is 0 Å². The number of benzene rings is 1. The van der Waals surface area contributed by atoms with Gasteiger partial charge < -0.3 is 15.8 Å². The number of primary amides is 1. The van der Waals surface area contributed by atoms with Crippen LogP contribution in [0.3, 0.4) is 0 Å². The second-order valence-corrected chi connectivity index (χ2v) is 8.54. The highest BCUT2D eigenvalue weighted by molar-refractivity contribution is 7.17. The van der Waals surface area contributed by atoms with Gasteiger partial charge in [-0.3, -0.25) is 9.59 Å². The highest BCUT2D eigenvalue weighted by Crippen LogP contribution is 2.39. The van der Waals surface area contributed by atoms with Crippen molar-refractivity contribution in [1.29, 1.82) is 0 Å². The Morgan fingerprint density at radius 2 is 2.03 bits per heavy atom. The fraction of sp³-hybridized carbons (Fsp3) is 0.273. The molecule has 1 aromatic carbocycles. The lowest BCUT2D eigenvalue weighted by Gasteiger charge is -2.18. The van der Waals surface area contributed by atoms with Crippen LogP contribution in [0.2, 0.25) is 0 Å². The molecule has 1 aliphatic rings. The van der Waals surface area contributed by atoms with Gasteiger partial charge in [0.15, 0.2) is 6.61 Å². The van der Waals surface area contributed by atoms with Crippen LogP contribution in [0.25, 0.3) is 10.9 Å². The molecule has 0 unspecified atom stereocenters. The summed E-state index contributed by atoms with van der Waals surface area (Å²) in [6.45, 7) is 1.68. The number of aromatic nitrogens is 1. The number of anilines is 1. The number of hydrogen-bond acceptors (Lipinski definition) is 6. The molecular formula is C22H21N3O4S. The van der Waals surface area contributed by atoms with Crippen LogP contribution in [0.5, 0.6) is 0 Å². The molecule has 1 atom stereocenters. The van der Waals surface area contributed by atoms with E-state index in [1.54, 1.807) is 18.2 Å². The predicted octanol–water partition coefficient (Wildman–Crippen LogP) is 3.32. The van der Waals surface area contributed by atoms with Gasteiger partial charge in [-0.2, -0.15) is 0 Å². The van der Waals surface area contributed by atoms with Gasteiger partial charge in [0, 0.05) is 10.3 Å². The van der Waals surface area contributed by atoms with E-state index in [2.05, 4.69) is 17.2 Å². The number of nitrogens with one attached hydrogen (secondary N) is 1. The van der Waals surface area contributed by atoms with Crippen LogP contribution >= 0.6 is 11.3 Å². The third-order valence-corrected chi connectivity index (χ3v) is 6.32. The summed E-state index contributed by atoms with van der Waals surface area (Å²) < 4.78 is 5.11. The summed E-state index contributed by atoms with van der Waals surface area (Å²) in [5.41, 5.74) is 7.65. The summed E-state index contributed by atoms with van der Waals surface area (Å²) in [6, 6.07) is 10.7. The number of rotatable bonds is 5. The van der Waals surface area contributed by atoms with Crippen LogP contribution in [-0.2, 0) is 22.4 Å². The molecule has 2 aromatic heterocycles. The van der Waals surface area contributed by atoms with Gasteiger partial charge in [-0.1, -0.05) is 31.2 Å². The van der Waals surface area contributed by atoms with Gasteiger partial charge in [-0.05, 0) is 42.9 Å². The Morgan fingerprint density at radius 1 is 1.23 bits per heavy atom. The Morgan fingerprint density at radius 3 is 2.83 bits per heavy atom. The summed E-state index contributed by atoms with van der Waals surface area (Å²) in [5.74, 6) is -1.26. The molecule has 7 nitrogen and oxygen atoms in total. The quantitative estimate of drug-likeness (QED) is 0.612. The van der Waals surface area contributed by atoms with Crippen LogP contribution in [-0.4, -0.2) is 29.4 Å². The molecule has 154 valence electrons. The van der Waals surface area contributed by atoms with Crippen LogP contribution in [0.1, 0.15) is 44.6 Å². The van der Waals surface area contributed by atoms with E-state index in [1.807, 2.05) is 18.2 Å². The number of esters is 1. The van der Waals surface area contributed by atoms with Gasteiger partial charge >= 0.3 is 5.97 Å². The second kappa shape index (κ2) is 8.23. The lowest BCUT2D eigenvalue weighted by atomic mass is 9.88. The molecule has 0 bridgehead atoms. The van der Waals surface area contributed by atoms with Crippen molar-refractivity contribution in [2.24, 2.45) is 11.7 Å². The fourth-order valence-corrected chi connectivity index (χ4v) is 5.08. The number of hydrogen-bond donors (Lipinski definition) is 2. The van der Waals surface area contributed by atoms with Crippen molar-refractivity contribution in [2.75, 3.05) is 11.9 Å². The van der Waals surface area contributed by atoms with E-state index in [1.165, 1.54) is 11.3 Å². The van der Waals surface area contributed by atoms with Gasteiger partial charge in [0.25, 0.3) is 11.8 Å². The SMILES string of the molecule is C[C@H]1CCc2c(sc(NC(=O)COC(=O)c3ccc4ccccc4n3)c2C(N)=O)C1. The lowest BCUT2D eigenvalue weighted by molar-refractivity contribution is -0.119. The largest absolute Gasteiger partial charge is 0.451 e. The number of nitrogens with zero attached hydrogens (tertiary/aromatic N) is 1. The molecule has 0 radical (unpaired) electrons. The average molecular weight is 423 g/mol. The van der Waals surface area contributed by atoms with Crippen LogP contribution in [0.4, 0.5) is 5.00 Å². The Hall–Kier alpha value is -3.26. The summed E-state index contributed by atoms with van der Waals surface area (Å²) in [5, 5.41) is 4.01. The van der Waals surface area contributed by atoms with Crippen molar-refractivity contribution < 1.29 is 19.1 Å². The van der Waals surface area contributed by atoms with E-state index in [-0.39, 0.29) is 5.69 Å². The third-order valence-electron chi connectivity index (χ3n) is 5.15. The molecule has 0 fully saturated rings. The standard InChI is InChI=1S/C22H21N3O4S/c1-12-6-8-14-17(10-12)30-21(19(14)20(23)27)25-18(26)11-29-22(28)16-9-7-13-4-2-3-5-15(13)24-16/h2-5,7,9,12H,6,8,10-11H2,1H3,(H2,23,27)(H,25,26)/t12-/m0/s1. The van der Waals surface area contributed by atoms with Crippen molar-refractivity contribution in [3.8, 4) is 0 Å². The summed E-state index contributed by atoms with van der Waals surface area (Å²) in [4.78, 5) is 41.9. The minimum Gasteiger partial charge on any atom is -0.451 e. The van der Waals surface area contributed by atoms with Gasteiger partial charge in [0.1, 0.15) is 10.7 Å². The summed E-state index contributed by atoms with van der Waals surface area (Å²) in [7, 11) is 0. The number of amides is 2. The smallest absolute Gasteiger partial charge is 0.357 e. The topological polar surface area (TPSA) is 111 Å². The molecule has 30 heavy (non-hydrogen) atoms. The normalized spacial score (nSPS) is 15.4. The van der Waals surface area contributed by atoms with Crippen molar-refractivity contribution in [2.45, 2.75) is 26.2 Å². The van der Waals surface area contributed by atoms with E-state index in [0.29, 0.717) is 22.0 Å². The Labute approximate surface area is 177 Å². The Kier molecular flexibility index (Phi) is 5.50. The van der Waals surface area contributed by atoms with Crippen LogP contribution < -0.4 is 11.1 Å². The Balaban J connectivity index is 1.43. The zero-order valence-electron chi connectivity index (χ0n) is 16.4. The monoisotopic (exact) mass is 423 g/mol. The molecule has 3 aromatic rings. The molecule has 2 heterocycles. The summed E-state index contributed by atoms with van der Waals surface area (Å²) >= 11 is 1.37. The predicted molar refractivity (Wildman–Crippen MR) is 115 cm³/mol. The van der Waals surface area contributed by atoms with E-state index in [0.717, 1.165) is 35.1 Å². The van der Waals surface area contributed by atoms with E-state index in [4.69, 9.17) is 10.5 Å². The maximum absolute atomic E-state index is 12.4. The number of para-hydroxylation sites is 1. The van der Waals surface area contributed by atoms with Crippen molar-refractivity contribution in [1.82, 2.24) is 4.98 Å². The first-order chi connectivity index (χ1) is 14.4. The van der Waals surface area contributed by atoms with E-state index < -0.39 is 24.4 Å². The number of fused-ring (bicyclic) bond motifs is 2. The number of carbonyl (C=O) groups excluding carboxylic acids is 3. The first-order valence-corrected chi connectivity index (χ1v) is 10.5. The van der Waals surface area contributed by atoms with E-state index >= 15 is 0 Å². The highest BCUT2D eigenvalue weighted by Gasteiger charge is 2.27. The maximum atomic E-state index is 12.4. The van der Waals surface area contributed by atoms with Gasteiger partial charge in [0.05, 0.1) is 11.1 Å². The molecule has 8 heteroatoms. The van der Waals surface area contributed by atoms with Gasteiger partial charge in [-0.25, -0.2) is 9.78 Å². The molecule has 0 saturated heterocycles. The molecule has 3 N–H and O–H groups in total. The number of thiophene rings is 1. The molecule has 0 spiro atoms. The third kappa shape index (κ3) is 4.04.